The predicted molar refractivity (Wildman–Crippen MR) is 114 cm³/mol. The van der Waals surface area contributed by atoms with Gasteiger partial charge in [0.1, 0.15) is 10.7 Å². The van der Waals surface area contributed by atoms with E-state index in [9.17, 15) is 14.7 Å². The van der Waals surface area contributed by atoms with Gasteiger partial charge in [0.25, 0.3) is 5.56 Å². The Balaban J connectivity index is 1.83. The Morgan fingerprint density at radius 2 is 2.18 bits per heavy atom. The molecule has 0 unspecified atom stereocenters. The number of carbonyl (C=O) groups is 1. The SMILES string of the molecule is Cc1ccc(/C=C(\SCC(=O)[O-])c2nc3sc4c(c3c(=O)[nH]2)CCC4)c(C)c1. The van der Waals surface area contributed by atoms with Crippen LogP contribution in [0.2, 0.25) is 0 Å². The van der Waals surface area contributed by atoms with Gasteiger partial charge in [0.05, 0.1) is 16.3 Å². The lowest BCUT2D eigenvalue weighted by Gasteiger charge is -2.10. The first-order chi connectivity index (χ1) is 13.4. The van der Waals surface area contributed by atoms with Gasteiger partial charge in [-0.05, 0) is 55.9 Å². The standard InChI is InChI=1S/C21H20N2O3S2/c1-11-6-7-13(12(2)8-11)9-16(27-10-17(24)25)19-22-20(26)18-14-4-3-5-15(14)28-21(18)23-19/h6-9H,3-5,10H2,1-2H3,(H,24,25)(H,22,23,26)/p-1/b16-9-. The molecule has 5 nitrogen and oxygen atoms in total. The van der Waals surface area contributed by atoms with Gasteiger partial charge in [0.15, 0.2) is 0 Å². The summed E-state index contributed by atoms with van der Waals surface area (Å²) in [5.74, 6) is -0.960. The molecule has 0 fully saturated rings. The van der Waals surface area contributed by atoms with Crippen molar-refractivity contribution in [3.05, 3.63) is 61.5 Å². The zero-order valence-corrected chi connectivity index (χ0v) is 17.3. The zero-order chi connectivity index (χ0) is 19.8. The summed E-state index contributed by atoms with van der Waals surface area (Å²) in [5.41, 5.74) is 4.16. The quantitative estimate of drug-likeness (QED) is 0.697. The normalized spacial score (nSPS) is 13.9. The summed E-state index contributed by atoms with van der Waals surface area (Å²) in [6.45, 7) is 4.03. The fourth-order valence-electron chi connectivity index (χ4n) is 3.56. The molecule has 0 saturated carbocycles. The van der Waals surface area contributed by atoms with E-state index in [1.165, 1.54) is 4.88 Å². The fourth-order valence-corrected chi connectivity index (χ4v) is 5.54. The Bertz CT molecular complexity index is 1170. The molecule has 0 aliphatic heterocycles. The highest BCUT2D eigenvalue weighted by Gasteiger charge is 2.21. The number of benzene rings is 1. The van der Waals surface area contributed by atoms with Crippen LogP contribution >= 0.6 is 23.1 Å². The lowest BCUT2D eigenvalue weighted by molar-refractivity contribution is -0.301. The maximum atomic E-state index is 12.8. The van der Waals surface area contributed by atoms with Crippen molar-refractivity contribution in [2.75, 3.05) is 5.75 Å². The van der Waals surface area contributed by atoms with Gasteiger partial charge in [0.2, 0.25) is 0 Å². The van der Waals surface area contributed by atoms with Gasteiger partial charge in [-0.25, -0.2) is 4.98 Å². The van der Waals surface area contributed by atoms with Gasteiger partial charge >= 0.3 is 0 Å². The van der Waals surface area contributed by atoms with Gasteiger partial charge in [-0.15, -0.1) is 23.1 Å². The van der Waals surface area contributed by atoms with Gasteiger partial charge in [0, 0.05) is 10.6 Å². The van der Waals surface area contributed by atoms with Crippen molar-refractivity contribution in [1.82, 2.24) is 9.97 Å². The van der Waals surface area contributed by atoms with E-state index in [-0.39, 0.29) is 11.3 Å². The largest absolute Gasteiger partial charge is 0.549 e. The minimum absolute atomic E-state index is 0.153. The summed E-state index contributed by atoms with van der Waals surface area (Å²) < 4.78 is 0. The van der Waals surface area contributed by atoms with Crippen molar-refractivity contribution in [1.29, 1.82) is 0 Å². The number of nitrogens with one attached hydrogen (secondary N) is 1. The average molecular weight is 412 g/mol. The van der Waals surface area contributed by atoms with Crippen LogP contribution in [0.5, 0.6) is 0 Å². The van der Waals surface area contributed by atoms with E-state index in [0.29, 0.717) is 16.1 Å². The molecule has 144 valence electrons. The third-order valence-electron chi connectivity index (χ3n) is 4.87. The first-order valence-corrected chi connectivity index (χ1v) is 10.9. The number of hydrogen-bond acceptors (Lipinski definition) is 6. The van der Waals surface area contributed by atoms with Crippen molar-refractivity contribution in [2.24, 2.45) is 0 Å². The average Bonchev–Trinajstić information content (AvgIpc) is 3.20. The molecule has 3 aromatic rings. The van der Waals surface area contributed by atoms with Gasteiger partial charge in [-0.3, -0.25) is 4.79 Å². The number of hydrogen-bond donors (Lipinski definition) is 1. The molecule has 2 aromatic heterocycles. The predicted octanol–water partition coefficient (Wildman–Crippen LogP) is 3.07. The molecular weight excluding hydrogens is 392 g/mol. The van der Waals surface area contributed by atoms with E-state index in [4.69, 9.17) is 0 Å². The monoisotopic (exact) mass is 411 g/mol. The highest BCUT2D eigenvalue weighted by molar-refractivity contribution is 8.09. The summed E-state index contributed by atoms with van der Waals surface area (Å²) >= 11 is 2.68. The highest BCUT2D eigenvalue weighted by Crippen LogP contribution is 2.36. The van der Waals surface area contributed by atoms with Crippen molar-refractivity contribution < 1.29 is 9.90 Å². The third kappa shape index (κ3) is 3.64. The molecule has 0 spiro atoms. The maximum absolute atomic E-state index is 12.8. The van der Waals surface area contributed by atoms with E-state index in [1.807, 2.05) is 32.1 Å². The van der Waals surface area contributed by atoms with Crippen LogP contribution < -0.4 is 10.7 Å². The number of fused-ring (bicyclic) bond motifs is 3. The molecule has 1 aliphatic rings. The number of thioether (sulfide) groups is 1. The zero-order valence-electron chi connectivity index (χ0n) is 15.6. The number of carbonyl (C=O) groups excluding carboxylic acids is 1. The van der Waals surface area contributed by atoms with Crippen LogP contribution in [0.3, 0.4) is 0 Å². The molecule has 0 radical (unpaired) electrons. The molecule has 1 N–H and O–H groups in total. The molecule has 28 heavy (non-hydrogen) atoms. The first-order valence-electron chi connectivity index (χ1n) is 9.09. The lowest BCUT2D eigenvalue weighted by atomic mass is 10.1. The third-order valence-corrected chi connectivity index (χ3v) is 7.05. The number of aromatic nitrogens is 2. The Hall–Kier alpha value is -2.38. The van der Waals surface area contributed by atoms with Crippen molar-refractivity contribution in [2.45, 2.75) is 33.1 Å². The fraction of sp³-hybridized carbons (Fsp3) is 0.286. The summed E-state index contributed by atoms with van der Waals surface area (Å²) in [6.07, 6.45) is 4.88. The van der Waals surface area contributed by atoms with Crippen molar-refractivity contribution >= 4 is 50.3 Å². The second-order valence-corrected chi connectivity index (χ2v) is 9.08. The van der Waals surface area contributed by atoms with E-state index in [1.54, 1.807) is 11.3 Å². The van der Waals surface area contributed by atoms with Gasteiger partial charge < -0.3 is 14.9 Å². The minimum atomic E-state index is -1.16. The maximum Gasteiger partial charge on any atom is 0.260 e. The Morgan fingerprint density at radius 1 is 1.36 bits per heavy atom. The van der Waals surface area contributed by atoms with Gasteiger partial charge in [-0.1, -0.05) is 23.8 Å². The molecule has 0 saturated heterocycles. The second-order valence-electron chi connectivity index (χ2n) is 6.98. The molecular formula is C21H19N2O3S2-. The minimum Gasteiger partial charge on any atom is -0.549 e. The van der Waals surface area contributed by atoms with E-state index in [0.717, 1.165) is 58.1 Å². The number of H-pyrrole nitrogens is 1. The molecule has 0 amide bonds. The molecule has 4 rings (SSSR count). The van der Waals surface area contributed by atoms with Crippen LogP contribution in [0.15, 0.2) is 23.0 Å². The van der Waals surface area contributed by atoms with Crippen LogP contribution in [0, 0.1) is 13.8 Å². The number of rotatable bonds is 5. The van der Waals surface area contributed by atoms with Crippen LogP contribution in [0.1, 0.15) is 39.4 Å². The van der Waals surface area contributed by atoms with Crippen LogP contribution in [-0.4, -0.2) is 21.7 Å². The molecule has 0 atom stereocenters. The van der Waals surface area contributed by atoms with Crippen LogP contribution in [0.25, 0.3) is 21.2 Å². The Labute approximate surface area is 170 Å². The smallest absolute Gasteiger partial charge is 0.260 e. The molecule has 1 aromatic carbocycles. The number of carboxylic acid groups (broad SMARTS) is 1. The van der Waals surface area contributed by atoms with E-state index < -0.39 is 5.97 Å². The second kappa shape index (κ2) is 7.56. The van der Waals surface area contributed by atoms with Crippen molar-refractivity contribution in [3.63, 3.8) is 0 Å². The van der Waals surface area contributed by atoms with Gasteiger partial charge in [-0.2, -0.15) is 0 Å². The van der Waals surface area contributed by atoms with E-state index in [2.05, 4.69) is 16.0 Å². The summed E-state index contributed by atoms with van der Waals surface area (Å²) in [7, 11) is 0. The molecule has 1 aliphatic carbocycles. The number of aromatic amines is 1. The van der Waals surface area contributed by atoms with E-state index >= 15 is 0 Å². The Kier molecular flexibility index (Phi) is 5.12. The summed E-state index contributed by atoms with van der Waals surface area (Å²) in [4.78, 5) is 33.9. The van der Waals surface area contributed by atoms with Crippen LogP contribution in [0.4, 0.5) is 0 Å². The molecule has 7 heteroatoms. The summed E-state index contributed by atoms with van der Waals surface area (Å²) in [5, 5.41) is 11.7. The summed E-state index contributed by atoms with van der Waals surface area (Å²) in [6, 6.07) is 6.06. The topological polar surface area (TPSA) is 85.9 Å². The van der Waals surface area contributed by atoms with Crippen molar-refractivity contribution in [3.8, 4) is 0 Å². The molecule has 2 heterocycles. The Morgan fingerprint density at radius 3 is 2.93 bits per heavy atom. The lowest BCUT2D eigenvalue weighted by Crippen LogP contribution is -2.24. The molecule has 0 bridgehead atoms. The highest BCUT2D eigenvalue weighted by atomic mass is 32.2. The number of nitrogens with zero attached hydrogens (tertiary/aromatic N) is 1. The number of carboxylic acids is 1. The number of aliphatic carboxylic acids is 1. The number of thiophene rings is 1. The van der Waals surface area contributed by atoms with Crippen LogP contribution in [-0.2, 0) is 17.6 Å². The number of aryl methyl sites for hydroxylation is 4. The first kappa shape index (κ1) is 19.0.